The number of aryl methyl sites for hydroxylation is 3. The normalized spacial score (nSPS) is 15.5. The molecule has 1 saturated heterocycles. The molecular weight excluding hydrogens is 446 g/mol. The minimum atomic E-state index is -0.105. The van der Waals surface area contributed by atoms with Gasteiger partial charge in [0.05, 0.1) is 46.5 Å². The number of carbonyl (C=O) groups is 1. The van der Waals surface area contributed by atoms with E-state index in [0.29, 0.717) is 25.3 Å². The number of aromatic nitrogens is 3. The monoisotopic (exact) mass is 475 g/mol. The van der Waals surface area contributed by atoms with Crippen LogP contribution in [0.25, 0.3) is 21.6 Å². The van der Waals surface area contributed by atoms with Crippen molar-refractivity contribution in [3.8, 4) is 10.6 Å². The van der Waals surface area contributed by atoms with Gasteiger partial charge in [-0.2, -0.15) is 5.10 Å². The lowest BCUT2D eigenvalue weighted by atomic mass is 10.0. The number of morpholine rings is 1. The zero-order chi connectivity index (χ0) is 23.7. The average Bonchev–Trinajstić information content (AvgIpc) is 3.49. The van der Waals surface area contributed by atoms with Crippen LogP contribution in [0, 0.1) is 13.8 Å². The predicted molar refractivity (Wildman–Crippen MR) is 135 cm³/mol. The Hall–Kier alpha value is -3.07. The molecule has 1 amide bonds. The van der Waals surface area contributed by atoms with Crippen LogP contribution in [0.2, 0.25) is 0 Å². The van der Waals surface area contributed by atoms with E-state index in [9.17, 15) is 4.79 Å². The van der Waals surface area contributed by atoms with Crippen LogP contribution in [0.5, 0.6) is 0 Å². The molecule has 1 fully saturated rings. The third kappa shape index (κ3) is 4.49. The molecule has 0 radical (unpaired) electrons. The molecule has 0 saturated carbocycles. The fourth-order valence-electron chi connectivity index (χ4n) is 4.59. The Labute approximate surface area is 203 Å². The molecule has 5 rings (SSSR count). The Balaban J connectivity index is 1.46. The molecule has 1 atom stereocenters. The van der Waals surface area contributed by atoms with Gasteiger partial charge in [-0.3, -0.25) is 14.4 Å². The molecule has 8 heteroatoms. The predicted octanol–water partition coefficient (Wildman–Crippen LogP) is 4.12. The molecule has 3 aromatic heterocycles. The van der Waals surface area contributed by atoms with Crippen LogP contribution in [-0.4, -0.2) is 58.4 Å². The van der Waals surface area contributed by atoms with Crippen LogP contribution in [0.3, 0.4) is 0 Å². The van der Waals surface area contributed by atoms with Crippen molar-refractivity contribution in [1.29, 1.82) is 0 Å². The van der Waals surface area contributed by atoms with E-state index >= 15 is 0 Å². The van der Waals surface area contributed by atoms with Crippen LogP contribution in [0.15, 0.2) is 47.8 Å². The summed E-state index contributed by atoms with van der Waals surface area (Å²) in [5, 5.41) is 10.6. The zero-order valence-corrected chi connectivity index (χ0v) is 20.6. The quantitative estimate of drug-likeness (QED) is 0.454. The van der Waals surface area contributed by atoms with E-state index in [0.717, 1.165) is 40.4 Å². The second kappa shape index (κ2) is 9.66. The summed E-state index contributed by atoms with van der Waals surface area (Å²) in [5.41, 5.74) is 5.35. The van der Waals surface area contributed by atoms with Crippen molar-refractivity contribution in [1.82, 2.24) is 25.0 Å². The number of rotatable bonds is 6. The Kier molecular flexibility index (Phi) is 6.45. The van der Waals surface area contributed by atoms with E-state index < -0.39 is 0 Å². The summed E-state index contributed by atoms with van der Waals surface area (Å²) in [7, 11) is 1.87. The first-order chi connectivity index (χ1) is 16.5. The first kappa shape index (κ1) is 22.7. The number of amides is 1. The minimum absolute atomic E-state index is 0.0811. The third-order valence-corrected chi connectivity index (χ3v) is 7.28. The van der Waals surface area contributed by atoms with Crippen LogP contribution >= 0.6 is 11.3 Å². The Morgan fingerprint density at radius 3 is 2.65 bits per heavy atom. The maximum atomic E-state index is 13.6. The van der Waals surface area contributed by atoms with E-state index in [2.05, 4.69) is 46.5 Å². The van der Waals surface area contributed by atoms with Gasteiger partial charge in [0, 0.05) is 26.7 Å². The number of pyridine rings is 1. The highest BCUT2D eigenvalue weighted by Gasteiger charge is 2.25. The van der Waals surface area contributed by atoms with Gasteiger partial charge in [-0.1, -0.05) is 35.9 Å². The number of nitrogens with one attached hydrogen (secondary N) is 1. The summed E-state index contributed by atoms with van der Waals surface area (Å²) >= 11 is 1.61. The molecule has 7 nitrogen and oxygen atoms in total. The highest BCUT2D eigenvalue weighted by atomic mass is 32.1. The second-order valence-corrected chi connectivity index (χ2v) is 9.67. The van der Waals surface area contributed by atoms with Crippen molar-refractivity contribution in [2.24, 2.45) is 7.05 Å². The van der Waals surface area contributed by atoms with E-state index in [4.69, 9.17) is 9.72 Å². The Bertz CT molecular complexity index is 1290. The van der Waals surface area contributed by atoms with Crippen molar-refractivity contribution in [2.75, 3.05) is 32.8 Å². The highest BCUT2D eigenvalue weighted by molar-refractivity contribution is 7.13. The maximum Gasteiger partial charge on any atom is 0.252 e. The van der Waals surface area contributed by atoms with Gasteiger partial charge >= 0.3 is 0 Å². The summed E-state index contributed by atoms with van der Waals surface area (Å²) in [6, 6.07) is 14.6. The molecular formula is C26H29N5O2S. The lowest BCUT2D eigenvalue weighted by Crippen LogP contribution is -2.43. The molecule has 4 aromatic rings. The van der Waals surface area contributed by atoms with Crippen LogP contribution in [0.1, 0.15) is 33.2 Å². The van der Waals surface area contributed by atoms with Gasteiger partial charge in [0.1, 0.15) is 0 Å². The number of fused-ring (bicyclic) bond motifs is 1. The first-order valence-electron chi connectivity index (χ1n) is 11.6. The molecule has 4 heterocycles. The fraction of sp³-hybridized carbons (Fsp3) is 0.346. The van der Waals surface area contributed by atoms with Crippen molar-refractivity contribution < 1.29 is 9.53 Å². The van der Waals surface area contributed by atoms with Gasteiger partial charge in [-0.25, -0.2) is 4.98 Å². The number of thiophene rings is 1. The number of hydrogen-bond acceptors (Lipinski definition) is 6. The van der Waals surface area contributed by atoms with Gasteiger partial charge in [-0.05, 0) is 36.9 Å². The highest BCUT2D eigenvalue weighted by Crippen LogP contribution is 2.29. The summed E-state index contributed by atoms with van der Waals surface area (Å²) in [5.74, 6) is -0.105. The van der Waals surface area contributed by atoms with Crippen molar-refractivity contribution in [3.05, 3.63) is 70.2 Å². The zero-order valence-electron chi connectivity index (χ0n) is 19.7. The topological polar surface area (TPSA) is 72.3 Å². The van der Waals surface area contributed by atoms with Gasteiger partial charge in [0.25, 0.3) is 5.91 Å². The van der Waals surface area contributed by atoms with Crippen LogP contribution < -0.4 is 5.32 Å². The van der Waals surface area contributed by atoms with E-state index in [-0.39, 0.29) is 11.9 Å². The number of ether oxygens (including phenoxy) is 1. The van der Waals surface area contributed by atoms with E-state index in [1.165, 1.54) is 11.1 Å². The smallest absolute Gasteiger partial charge is 0.252 e. The summed E-state index contributed by atoms with van der Waals surface area (Å²) in [6.45, 7) is 7.64. The second-order valence-electron chi connectivity index (χ2n) is 8.72. The van der Waals surface area contributed by atoms with Crippen molar-refractivity contribution >= 4 is 28.3 Å². The largest absolute Gasteiger partial charge is 0.379 e. The SMILES string of the molecule is Cc1ccc(C(CNC(=O)c2cc(-c3cccs3)nc3c2c(C)nn3C)N2CCOCC2)cc1. The maximum absolute atomic E-state index is 13.6. The molecule has 1 unspecified atom stereocenters. The number of nitrogens with zero attached hydrogens (tertiary/aromatic N) is 4. The summed E-state index contributed by atoms with van der Waals surface area (Å²) < 4.78 is 7.32. The molecule has 34 heavy (non-hydrogen) atoms. The molecule has 1 aliphatic heterocycles. The summed E-state index contributed by atoms with van der Waals surface area (Å²) in [4.78, 5) is 21.8. The Morgan fingerprint density at radius 1 is 1.18 bits per heavy atom. The molecule has 1 aliphatic rings. The van der Waals surface area contributed by atoms with Gasteiger partial charge < -0.3 is 10.1 Å². The fourth-order valence-corrected chi connectivity index (χ4v) is 5.28. The van der Waals surface area contributed by atoms with Crippen LogP contribution in [0.4, 0.5) is 0 Å². The van der Waals surface area contributed by atoms with E-state index in [1.807, 2.05) is 37.6 Å². The molecule has 0 spiro atoms. The number of benzene rings is 1. The van der Waals surface area contributed by atoms with Gasteiger partial charge in [-0.15, -0.1) is 11.3 Å². The number of hydrogen-bond donors (Lipinski definition) is 1. The average molecular weight is 476 g/mol. The number of carbonyl (C=O) groups excluding carboxylic acids is 1. The van der Waals surface area contributed by atoms with E-state index in [1.54, 1.807) is 16.0 Å². The molecule has 0 aliphatic carbocycles. The van der Waals surface area contributed by atoms with Crippen molar-refractivity contribution in [2.45, 2.75) is 19.9 Å². The molecule has 1 aromatic carbocycles. The summed E-state index contributed by atoms with van der Waals surface area (Å²) in [6.07, 6.45) is 0. The standard InChI is InChI=1S/C26H29N5O2S/c1-17-6-8-19(9-7-17)22(31-10-12-33-13-11-31)16-27-26(32)20-15-21(23-5-4-14-34-23)28-25-24(20)18(2)29-30(25)3/h4-9,14-15,22H,10-13,16H2,1-3H3,(H,27,32). The van der Waals surface area contributed by atoms with Crippen molar-refractivity contribution in [3.63, 3.8) is 0 Å². The van der Waals surface area contributed by atoms with Gasteiger partial charge in [0.15, 0.2) is 5.65 Å². The molecule has 0 bridgehead atoms. The molecule has 1 N–H and O–H groups in total. The van der Waals surface area contributed by atoms with Crippen LogP contribution in [-0.2, 0) is 11.8 Å². The third-order valence-electron chi connectivity index (χ3n) is 6.39. The minimum Gasteiger partial charge on any atom is -0.379 e. The Morgan fingerprint density at radius 2 is 1.94 bits per heavy atom. The van der Waals surface area contributed by atoms with Gasteiger partial charge in [0.2, 0.25) is 0 Å². The lowest BCUT2D eigenvalue weighted by molar-refractivity contribution is 0.0162. The lowest BCUT2D eigenvalue weighted by Gasteiger charge is -2.35. The first-order valence-corrected chi connectivity index (χ1v) is 12.4. The molecule has 176 valence electrons.